The largest absolute Gasteiger partial charge is 0.510 e. The molecule has 0 aliphatic carbocycles. The summed E-state index contributed by atoms with van der Waals surface area (Å²) in [4.78, 5) is 24.1. The lowest BCUT2D eigenvalue weighted by molar-refractivity contribution is -0.190. The Morgan fingerprint density at radius 3 is 2.82 bits per heavy atom. The Morgan fingerprint density at radius 2 is 2.24 bits per heavy atom. The second kappa shape index (κ2) is 5.72. The molecule has 1 heterocycles. The molecule has 17 heavy (non-hydrogen) atoms. The quantitative estimate of drug-likeness (QED) is 0.601. The molecule has 7 nitrogen and oxygen atoms in total. The monoisotopic (exact) mass is 246 g/mol. The van der Waals surface area contributed by atoms with Gasteiger partial charge in [0.25, 0.3) is 0 Å². The third-order valence-electron chi connectivity index (χ3n) is 2.63. The normalized spacial score (nSPS) is 24.8. The van der Waals surface area contributed by atoms with Crippen LogP contribution < -0.4 is 0 Å². The third kappa shape index (κ3) is 3.23. The van der Waals surface area contributed by atoms with E-state index in [0.29, 0.717) is 17.9 Å². The van der Waals surface area contributed by atoms with Gasteiger partial charge in [-0.05, 0) is 13.3 Å². The molecule has 0 aromatic rings. The van der Waals surface area contributed by atoms with Crippen molar-refractivity contribution in [3.63, 3.8) is 0 Å². The third-order valence-corrected chi connectivity index (χ3v) is 2.63. The molecule has 0 aromatic carbocycles. The number of hydrogen-bond donors (Lipinski definition) is 1. The fourth-order valence-corrected chi connectivity index (χ4v) is 1.45. The molecule has 2 amide bonds. The zero-order valence-corrected chi connectivity index (χ0v) is 10.3. The Kier molecular flexibility index (Phi) is 4.56. The number of hydrogen-bond acceptors (Lipinski definition) is 5. The van der Waals surface area contributed by atoms with Crippen LogP contribution in [0.15, 0.2) is 0 Å². The number of hydroxylamine groups is 2. The molecule has 1 aliphatic heterocycles. The molecule has 2 unspecified atom stereocenters. The lowest BCUT2D eigenvalue weighted by Crippen LogP contribution is -2.56. The summed E-state index contributed by atoms with van der Waals surface area (Å²) in [7, 11) is 1.57. The van der Waals surface area contributed by atoms with Crippen LogP contribution in [-0.2, 0) is 9.47 Å². The van der Waals surface area contributed by atoms with E-state index < -0.39 is 18.4 Å². The van der Waals surface area contributed by atoms with Crippen LogP contribution in [0.4, 0.5) is 9.59 Å². The van der Waals surface area contributed by atoms with Gasteiger partial charge in [0.05, 0.1) is 6.61 Å². The summed E-state index contributed by atoms with van der Waals surface area (Å²) in [5, 5.41) is 9.92. The smallest absolute Gasteiger partial charge is 0.434 e. The van der Waals surface area contributed by atoms with Crippen LogP contribution in [0.1, 0.15) is 26.7 Å². The van der Waals surface area contributed by atoms with E-state index in [1.807, 2.05) is 6.92 Å². The van der Waals surface area contributed by atoms with Crippen molar-refractivity contribution in [3.05, 3.63) is 0 Å². The SMILES string of the molecule is CCCOC(=O)OC1CC(C)N(C)C(=O)N1O. The molecule has 0 bridgehead atoms. The van der Waals surface area contributed by atoms with Crippen molar-refractivity contribution >= 4 is 12.2 Å². The molecular formula is C10H18N2O5. The van der Waals surface area contributed by atoms with Crippen molar-refractivity contribution < 1.29 is 24.3 Å². The summed E-state index contributed by atoms with van der Waals surface area (Å²) in [6, 6.07) is -0.716. The maximum atomic E-state index is 11.5. The molecule has 7 heteroatoms. The average Bonchev–Trinajstić information content (AvgIpc) is 2.30. The van der Waals surface area contributed by atoms with Crippen molar-refractivity contribution in [1.29, 1.82) is 0 Å². The van der Waals surface area contributed by atoms with Crippen LogP contribution in [0.2, 0.25) is 0 Å². The number of rotatable bonds is 3. The maximum Gasteiger partial charge on any atom is 0.510 e. The van der Waals surface area contributed by atoms with Crippen molar-refractivity contribution in [3.8, 4) is 0 Å². The first-order valence-corrected chi connectivity index (χ1v) is 5.55. The summed E-state index contributed by atoms with van der Waals surface area (Å²) in [5.74, 6) is 0. The first-order valence-electron chi connectivity index (χ1n) is 5.55. The van der Waals surface area contributed by atoms with Gasteiger partial charge in [-0.25, -0.2) is 9.59 Å². The van der Waals surface area contributed by atoms with E-state index in [9.17, 15) is 14.8 Å². The van der Waals surface area contributed by atoms with Gasteiger partial charge in [-0.3, -0.25) is 5.21 Å². The van der Waals surface area contributed by atoms with Gasteiger partial charge >= 0.3 is 12.2 Å². The van der Waals surface area contributed by atoms with E-state index in [0.717, 1.165) is 0 Å². The van der Waals surface area contributed by atoms with Gasteiger partial charge in [0, 0.05) is 19.5 Å². The molecule has 0 saturated carbocycles. The fourth-order valence-electron chi connectivity index (χ4n) is 1.45. The Balaban J connectivity index is 2.53. The minimum Gasteiger partial charge on any atom is -0.434 e. The molecule has 0 radical (unpaired) electrons. The van der Waals surface area contributed by atoms with Crippen LogP contribution in [0.5, 0.6) is 0 Å². The minimum atomic E-state index is -0.988. The van der Waals surface area contributed by atoms with Crippen LogP contribution in [0.3, 0.4) is 0 Å². The van der Waals surface area contributed by atoms with Crippen LogP contribution >= 0.6 is 0 Å². The summed E-state index contributed by atoms with van der Waals surface area (Å²) in [5.41, 5.74) is 0. The van der Waals surface area contributed by atoms with Crippen molar-refractivity contribution in [1.82, 2.24) is 9.96 Å². The van der Waals surface area contributed by atoms with Crippen LogP contribution in [-0.4, -0.2) is 53.3 Å². The molecule has 1 fully saturated rings. The zero-order chi connectivity index (χ0) is 13.0. The van der Waals surface area contributed by atoms with E-state index in [1.54, 1.807) is 14.0 Å². The van der Waals surface area contributed by atoms with Crippen molar-refractivity contribution in [2.24, 2.45) is 0 Å². The Hall–Kier alpha value is -1.50. The van der Waals surface area contributed by atoms with E-state index in [4.69, 9.17) is 9.47 Å². The van der Waals surface area contributed by atoms with Gasteiger partial charge in [-0.15, -0.1) is 0 Å². The molecule has 1 N–H and O–H groups in total. The second-order valence-corrected chi connectivity index (χ2v) is 3.99. The Labute approximate surface area is 99.8 Å². The first kappa shape index (κ1) is 13.6. The number of ether oxygens (including phenoxy) is 2. The second-order valence-electron chi connectivity index (χ2n) is 3.99. The summed E-state index contributed by atoms with van der Waals surface area (Å²) < 4.78 is 9.58. The Bertz CT molecular complexity index is 296. The van der Waals surface area contributed by atoms with Crippen LogP contribution in [0.25, 0.3) is 0 Å². The van der Waals surface area contributed by atoms with Gasteiger partial charge in [-0.1, -0.05) is 6.92 Å². The highest BCUT2D eigenvalue weighted by Crippen LogP contribution is 2.19. The lowest BCUT2D eigenvalue weighted by atomic mass is 10.1. The molecule has 2 atom stereocenters. The lowest BCUT2D eigenvalue weighted by Gasteiger charge is -2.38. The van der Waals surface area contributed by atoms with E-state index in [-0.39, 0.29) is 12.6 Å². The van der Waals surface area contributed by atoms with Gasteiger partial charge < -0.3 is 14.4 Å². The van der Waals surface area contributed by atoms with E-state index in [2.05, 4.69) is 0 Å². The van der Waals surface area contributed by atoms with Crippen molar-refractivity contribution in [2.75, 3.05) is 13.7 Å². The number of urea groups is 1. The number of carbonyl (C=O) groups excluding carboxylic acids is 2. The highest BCUT2D eigenvalue weighted by Gasteiger charge is 2.37. The number of carbonyl (C=O) groups is 2. The molecule has 1 rings (SSSR count). The van der Waals surface area contributed by atoms with E-state index in [1.165, 1.54) is 4.90 Å². The average molecular weight is 246 g/mol. The summed E-state index contributed by atoms with van der Waals surface area (Å²) in [6.07, 6.45) is -0.848. The number of nitrogens with zero attached hydrogens (tertiary/aromatic N) is 2. The molecule has 0 aromatic heterocycles. The molecule has 98 valence electrons. The molecular weight excluding hydrogens is 228 g/mol. The summed E-state index contributed by atoms with van der Waals surface area (Å²) >= 11 is 0. The molecule has 1 aliphatic rings. The van der Waals surface area contributed by atoms with Gasteiger partial charge in [0.1, 0.15) is 0 Å². The zero-order valence-electron chi connectivity index (χ0n) is 10.3. The molecule has 1 saturated heterocycles. The maximum absolute atomic E-state index is 11.5. The van der Waals surface area contributed by atoms with Gasteiger partial charge in [-0.2, -0.15) is 5.06 Å². The highest BCUT2D eigenvalue weighted by molar-refractivity contribution is 5.74. The van der Waals surface area contributed by atoms with Crippen molar-refractivity contribution in [2.45, 2.75) is 39.0 Å². The summed E-state index contributed by atoms with van der Waals surface area (Å²) in [6.45, 7) is 3.91. The predicted molar refractivity (Wildman–Crippen MR) is 57.4 cm³/mol. The minimum absolute atomic E-state index is 0.116. The van der Waals surface area contributed by atoms with Gasteiger partial charge in [0.2, 0.25) is 6.23 Å². The standard InChI is InChI=1S/C10H18N2O5/c1-4-5-16-10(14)17-8-6-7(2)11(3)9(13)12(8)15/h7-8,15H,4-6H2,1-3H3. The predicted octanol–water partition coefficient (Wildman–Crippen LogP) is 1.41. The molecule has 0 spiro atoms. The number of amides is 2. The van der Waals surface area contributed by atoms with Crippen LogP contribution in [0, 0.1) is 0 Å². The van der Waals surface area contributed by atoms with E-state index >= 15 is 0 Å². The van der Waals surface area contributed by atoms with Gasteiger partial charge in [0.15, 0.2) is 0 Å². The Morgan fingerprint density at radius 1 is 1.59 bits per heavy atom. The highest BCUT2D eigenvalue weighted by atomic mass is 16.7. The topological polar surface area (TPSA) is 79.3 Å². The first-order chi connectivity index (χ1) is 7.97. The fraction of sp³-hybridized carbons (Fsp3) is 0.800.